The van der Waals surface area contributed by atoms with Crippen LogP contribution in [0.5, 0.6) is 0 Å². The van der Waals surface area contributed by atoms with Crippen LogP contribution in [0, 0.1) is 5.82 Å². The number of halogens is 1. The minimum absolute atomic E-state index is 0.00214. The van der Waals surface area contributed by atoms with Crippen LogP contribution in [0.4, 0.5) is 10.2 Å². The second kappa shape index (κ2) is 6.40. The number of nitrogens with one attached hydrogen (secondary N) is 1. The number of carbonyl (C=O) groups is 1. The summed E-state index contributed by atoms with van der Waals surface area (Å²) in [6, 6.07) is 10.7. The minimum atomic E-state index is -0.322. The Balaban J connectivity index is 1.49. The topological polar surface area (TPSA) is 98.7 Å². The van der Waals surface area contributed by atoms with E-state index in [0.29, 0.717) is 22.1 Å². The first kappa shape index (κ1) is 15.9. The van der Waals surface area contributed by atoms with Crippen molar-refractivity contribution in [2.75, 3.05) is 5.73 Å². The lowest BCUT2D eigenvalue weighted by Crippen LogP contribution is -2.27. The van der Waals surface area contributed by atoms with Crippen LogP contribution >= 0.6 is 0 Å². The summed E-state index contributed by atoms with van der Waals surface area (Å²) in [5.41, 5.74) is 7.08. The van der Waals surface area contributed by atoms with Crippen molar-refractivity contribution in [2.45, 2.75) is 13.1 Å². The summed E-state index contributed by atoms with van der Waals surface area (Å²) in [6.07, 6.45) is 2.80. The number of nitrogens with two attached hydrogens (primary N) is 1. The van der Waals surface area contributed by atoms with Gasteiger partial charge in [-0.2, -0.15) is 0 Å². The number of imidazole rings is 1. The largest absolute Gasteiger partial charge is 0.382 e. The second-order valence-corrected chi connectivity index (χ2v) is 5.84. The van der Waals surface area contributed by atoms with E-state index in [1.165, 1.54) is 12.7 Å². The number of hydrogen-bond acceptors (Lipinski definition) is 5. The summed E-state index contributed by atoms with van der Waals surface area (Å²) >= 11 is 0. The average Bonchev–Trinajstić information content (AvgIpc) is 3.06. The maximum atomic E-state index is 14.6. The van der Waals surface area contributed by atoms with Crippen LogP contribution in [-0.4, -0.2) is 25.4 Å². The monoisotopic (exact) mass is 350 g/mol. The quantitative estimate of drug-likeness (QED) is 0.587. The standard InChI is InChI=1S/C18H15FN6O/c19-15-12(6-5-11-3-1-2-4-13(11)15)7-21-14(26)8-25-10-24-16-17(20)22-9-23-18(16)25/h1-6,9-10H,7-8H2,(H,21,26)(H2,20,22,23). The lowest BCUT2D eigenvalue weighted by molar-refractivity contribution is -0.121. The zero-order valence-electron chi connectivity index (χ0n) is 13.7. The Hall–Kier alpha value is -3.55. The Bertz CT molecular complexity index is 1120. The Kier molecular flexibility index (Phi) is 3.92. The van der Waals surface area contributed by atoms with Gasteiger partial charge in [-0.05, 0) is 5.39 Å². The molecule has 1 amide bonds. The highest BCUT2D eigenvalue weighted by Crippen LogP contribution is 2.21. The zero-order valence-corrected chi connectivity index (χ0v) is 13.7. The van der Waals surface area contributed by atoms with Gasteiger partial charge in [-0.1, -0.05) is 36.4 Å². The van der Waals surface area contributed by atoms with E-state index in [1.807, 2.05) is 18.2 Å². The van der Waals surface area contributed by atoms with Crippen LogP contribution in [-0.2, 0) is 17.9 Å². The van der Waals surface area contributed by atoms with Gasteiger partial charge in [0.2, 0.25) is 5.91 Å². The third-order valence-electron chi connectivity index (χ3n) is 4.16. The first-order valence-electron chi connectivity index (χ1n) is 7.97. The molecule has 0 aliphatic carbocycles. The smallest absolute Gasteiger partial charge is 0.240 e. The molecule has 4 rings (SSSR count). The van der Waals surface area contributed by atoms with E-state index in [0.717, 1.165) is 5.39 Å². The van der Waals surface area contributed by atoms with Crippen molar-refractivity contribution in [3.05, 3.63) is 60.4 Å². The molecule has 3 N–H and O–H groups in total. The van der Waals surface area contributed by atoms with Crippen LogP contribution < -0.4 is 11.1 Å². The van der Waals surface area contributed by atoms with Gasteiger partial charge in [-0.25, -0.2) is 19.3 Å². The second-order valence-electron chi connectivity index (χ2n) is 5.84. The van der Waals surface area contributed by atoms with E-state index in [-0.39, 0.29) is 30.6 Å². The van der Waals surface area contributed by atoms with Crippen molar-refractivity contribution in [3.63, 3.8) is 0 Å². The highest BCUT2D eigenvalue weighted by molar-refractivity contribution is 5.85. The highest BCUT2D eigenvalue weighted by Gasteiger charge is 2.12. The molecule has 0 radical (unpaired) electrons. The normalized spacial score (nSPS) is 11.1. The number of rotatable bonds is 4. The van der Waals surface area contributed by atoms with Gasteiger partial charge < -0.3 is 15.6 Å². The zero-order chi connectivity index (χ0) is 18.1. The number of amides is 1. The molecule has 0 atom stereocenters. The van der Waals surface area contributed by atoms with Crippen LogP contribution in [0.25, 0.3) is 21.9 Å². The number of nitrogen functional groups attached to an aromatic ring is 1. The number of nitrogens with zero attached hydrogens (tertiary/aromatic N) is 4. The lowest BCUT2D eigenvalue weighted by Gasteiger charge is -2.09. The molecule has 7 nitrogen and oxygen atoms in total. The number of anilines is 1. The van der Waals surface area contributed by atoms with Crippen molar-refractivity contribution in [3.8, 4) is 0 Å². The van der Waals surface area contributed by atoms with Gasteiger partial charge in [-0.15, -0.1) is 0 Å². The molecule has 4 aromatic rings. The SMILES string of the molecule is Nc1ncnc2c1ncn2CC(=O)NCc1ccc2ccccc2c1F. The third-order valence-corrected chi connectivity index (χ3v) is 4.16. The molecule has 2 heterocycles. The fourth-order valence-corrected chi connectivity index (χ4v) is 2.83. The van der Waals surface area contributed by atoms with E-state index < -0.39 is 0 Å². The molecule has 2 aromatic carbocycles. The Morgan fingerprint density at radius 3 is 2.88 bits per heavy atom. The van der Waals surface area contributed by atoms with E-state index in [2.05, 4.69) is 20.3 Å². The molecule has 2 aromatic heterocycles. The molecule has 0 aliphatic heterocycles. The summed E-state index contributed by atoms with van der Waals surface area (Å²) in [5.74, 6) is -0.349. The van der Waals surface area contributed by atoms with Crippen molar-refractivity contribution in [1.82, 2.24) is 24.8 Å². The molecular formula is C18H15FN6O. The third kappa shape index (κ3) is 2.81. The van der Waals surface area contributed by atoms with Crippen molar-refractivity contribution in [1.29, 1.82) is 0 Å². The molecule has 0 spiro atoms. The highest BCUT2D eigenvalue weighted by atomic mass is 19.1. The first-order chi connectivity index (χ1) is 12.6. The predicted octanol–water partition coefficient (Wildman–Crippen LogP) is 2.02. The van der Waals surface area contributed by atoms with Gasteiger partial charge in [0, 0.05) is 17.5 Å². The molecule has 0 saturated carbocycles. The average molecular weight is 350 g/mol. The summed E-state index contributed by atoms with van der Waals surface area (Å²) in [5, 5.41) is 4.08. The number of carbonyl (C=O) groups excluding carboxylic acids is 1. The number of aromatic nitrogens is 4. The number of hydrogen-bond donors (Lipinski definition) is 2. The van der Waals surface area contributed by atoms with Crippen LogP contribution in [0.2, 0.25) is 0 Å². The first-order valence-corrected chi connectivity index (χ1v) is 7.97. The number of benzene rings is 2. The van der Waals surface area contributed by atoms with Crippen LogP contribution in [0.3, 0.4) is 0 Å². The van der Waals surface area contributed by atoms with Gasteiger partial charge in [0.1, 0.15) is 24.2 Å². The maximum Gasteiger partial charge on any atom is 0.240 e. The maximum absolute atomic E-state index is 14.6. The molecule has 0 aliphatic rings. The summed E-state index contributed by atoms with van der Waals surface area (Å²) in [7, 11) is 0. The van der Waals surface area contributed by atoms with Gasteiger partial charge in [-0.3, -0.25) is 4.79 Å². The minimum Gasteiger partial charge on any atom is -0.382 e. The van der Waals surface area contributed by atoms with Crippen molar-refractivity contribution < 1.29 is 9.18 Å². The Morgan fingerprint density at radius 2 is 2.00 bits per heavy atom. The summed E-state index contributed by atoms with van der Waals surface area (Å²) < 4.78 is 16.1. The summed E-state index contributed by atoms with van der Waals surface area (Å²) in [6.45, 7) is 0.0986. The molecule has 130 valence electrons. The fraction of sp³-hybridized carbons (Fsp3) is 0.111. The molecule has 0 bridgehead atoms. The Morgan fingerprint density at radius 1 is 1.15 bits per heavy atom. The van der Waals surface area contributed by atoms with Gasteiger partial charge >= 0.3 is 0 Å². The van der Waals surface area contributed by atoms with E-state index >= 15 is 0 Å². The fourth-order valence-electron chi connectivity index (χ4n) is 2.83. The van der Waals surface area contributed by atoms with Crippen molar-refractivity contribution in [2.24, 2.45) is 0 Å². The van der Waals surface area contributed by atoms with Crippen LogP contribution in [0.1, 0.15) is 5.56 Å². The molecular weight excluding hydrogens is 335 g/mol. The Labute approximate surface area is 147 Å². The molecule has 26 heavy (non-hydrogen) atoms. The van der Waals surface area contributed by atoms with Crippen molar-refractivity contribution >= 4 is 33.7 Å². The van der Waals surface area contributed by atoms with Gasteiger partial charge in [0.25, 0.3) is 0 Å². The van der Waals surface area contributed by atoms with Gasteiger partial charge in [0.05, 0.1) is 6.33 Å². The molecule has 0 saturated heterocycles. The summed E-state index contributed by atoms with van der Waals surface area (Å²) in [4.78, 5) is 24.3. The molecule has 0 unspecified atom stereocenters. The van der Waals surface area contributed by atoms with E-state index in [4.69, 9.17) is 5.73 Å². The molecule has 0 fully saturated rings. The predicted molar refractivity (Wildman–Crippen MR) is 95.5 cm³/mol. The lowest BCUT2D eigenvalue weighted by atomic mass is 10.1. The van der Waals surface area contributed by atoms with Gasteiger partial charge in [0.15, 0.2) is 11.5 Å². The molecule has 8 heteroatoms. The van der Waals surface area contributed by atoms with E-state index in [1.54, 1.807) is 22.8 Å². The number of fused-ring (bicyclic) bond motifs is 2. The van der Waals surface area contributed by atoms with E-state index in [9.17, 15) is 9.18 Å². The van der Waals surface area contributed by atoms with Crippen LogP contribution in [0.15, 0.2) is 49.1 Å².